The van der Waals surface area contributed by atoms with E-state index in [1.165, 1.54) is 18.5 Å². The largest absolute Gasteiger partial charge is 0.396 e. The molecule has 0 spiro atoms. The van der Waals surface area contributed by atoms with E-state index < -0.39 is 0 Å². The number of pyridine rings is 1. The van der Waals surface area contributed by atoms with Crippen molar-refractivity contribution in [3.8, 4) is 0 Å². The number of aliphatic hydroxyl groups excluding tert-OH is 1. The van der Waals surface area contributed by atoms with Gasteiger partial charge in [-0.05, 0) is 30.9 Å². The molecule has 2 rings (SSSR count). The van der Waals surface area contributed by atoms with Crippen LogP contribution < -0.4 is 4.90 Å². The van der Waals surface area contributed by atoms with Crippen molar-refractivity contribution in [1.29, 1.82) is 0 Å². The zero-order chi connectivity index (χ0) is 11.4. The van der Waals surface area contributed by atoms with E-state index in [9.17, 15) is 0 Å². The molecule has 88 valence electrons. The highest BCUT2D eigenvalue weighted by atomic mass is 16.3. The molecule has 16 heavy (non-hydrogen) atoms. The monoisotopic (exact) mass is 220 g/mol. The predicted octanol–water partition coefficient (Wildman–Crippen LogP) is 1.85. The highest BCUT2D eigenvalue weighted by Crippen LogP contribution is 2.22. The maximum absolute atomic E-state index is 8.82. The molecule has 1 aliphatic heterocycles. The molecule has 0 aliphatic carbocycles. The maximum atomic E-state index is 8.82. The Morgan fingerprint density at radius 1 is 1.50 bits per heavy atom. The Morgan fingerprint density at radius 2 is 2.38 bits per heavy atom. The maximum Gasteiger partial charge on any atom is 0.0553 e. The molecule has 3 nitrogen and oxygen atoms in total. The third kappa shape index (κ3) is 2.73. The van der Waals surface area contributed by atoms with Crippen LogP contribution in [0.15, 0.2) is 18.3 Å². The fourth-order valence-electron chi connectivity index (χ4n) is 2.29. The minimum atomic E-state index is 0.174. The molecule has 1 aliphatic rings. The van der Waals surface area contributed by atoms with E-state index in [1.807, 2.05) is 12.3 Å². The highest BCUT2D eigenvalue weighted by molar-refractivity contribution is 5.45. The van der Waals surface area contributed by atoms with Gasteiger partial charge in [0, 0.05) is 31.8 Å². The van der Waals surface area contributed by atoms with E-state index in [0.29, 0.717) is 6.42 Å². The van der Waals surface area contributed by atoms with Gasteiger partial charge in [-0.25, -0.2) is 0 Å². The minimum absolute atomic E-state index is 0.174. The highest BCUT2D eigenvalue weighted by Gasteiger charge is 2.16. The molecule has 3 heteroatoms. The van der Waals surface area contributed by atoms with Crippen LogP contribution in [0.25, 0.3) is 0 Å². The molecule has 1 N–H and O–H groups in total. The first kappa shape index (κ1) is 11.4. The molecule has 0 amide bonds. The first-order valence-corrected chi connectivity index (χ1v) is 6.10. The van der Waals surface area contributed by atoms with Gasteiger partial charge >= 0.3 is 0 Å². The third-order valence-electron chi connectivity index (χ3n) is 3.20. The number of aliphatic hydroxyl groups is 1. The Morgan fingerprint density at radius 3 is 3.00 bits per heavy atom. The molecule has 1 atom stereocenters. The SMILES string of the molecule is CC1CCCN(c2ccc(CCO)nc2)C1. The number of rotatable bonds is 3. The molecule has 0 aromatic carbocycles. The summed E-state index contributed by atoms with van der Waals surface area (Å²) in [5.74, 6) is 0.783. The second-order valence-electron chi connectivity index (χ2n) is 4.67. The Hall–Kier alpha value is -1.09. The third-order valence-corrected chi connectivity index (χ3v) is 3.20. The first-order valence-electron chi connectivity index (χ1n) is 6.10. The minimum Gasteiger partial charge on any atom is -0.396 e. The summed E-state index contributed by atoms with van der Waals surface area (Å²) >= 11 is 0. The van der Waals surface area contributed by atoms with Gasteiger partial charge in [-0.2, -0.15) is 0 Å². The number of anilines is 1. The van der Waals surface area contributed by atoms with Crippen LogP contribution in [-0.4, -0.2) is 29.8 Å². The van der Waals surface area contributed by atoms with Crippen molar-refractivity contribution >= 4 is 5.69 Å². The average Bonchev–Trinajstić information content (AvgIpc) is 2.30. The Balaban J connectivity index is 2.03. The summed E-state index contributed by atoms with van der Waals surface area (Å²) in [4.78, 5) is 6.77. The number of hydrogen-bond donors (Lipinski definition) is 1. The van der Waals surface area contributed by atoms with Crippen LogP contribution in [0.3, 0.4) is 0 Å². The second kappa shape index (κ2) is 5.30. The van der Waals surface area contributed by atoms with Crippen LogP contribution in [0.4, 0.5) is 5.69 Å². The number of nitrogens with zero attached hydrogens (tertiary/aromatic N) is 2. The van der Waals surface area contributed by atoms with Crippen molar-refractivity contribution in [3.63, 3.8) is 0 Å². The molecular weight excluding hydrogens is 200 g/mol. The summed E-state index contributed by atoms with van der Waals surface area (Å²) in [5.41, 5.74) is 2.18. The van der Waals surface area contributed by atoms with Gasteiger partial charge in [0.1, 0.15) is 0 Å². The van der Waals surface area contributed by atoms with Gasteiger partial charge in [0.05, 0.1) is 11.9 Å². The molecule has 1 unspecified atom stereocenters. The number of piperidine rings is 1. The summed E-state index contributed by atoms with van der Waals surface area (Å²) in [5, 5.41) is 8.82. The molecule has 1 aromatic rings. The van der Waals surface area contributed by atoms with Crippen molar-refractivity contribution in [2.45, 2.75) is 26.2 Å². The van der Waals surface area contributed by atoms with E-state index >= 15 is 0 Å². The summed E-state index contributed by atoms with van der Waals surface area (Å²) in [6.45, 7) is 4.76. The molecule has 1 aromatic heterocycles. The number of aromatic nitrogens is 1. The van der Waals surface area contributed by atoms with Crippen molar-refractivity contribution in [3.05, 3.63) is 24.0 Å². The molecule has 1 saturated heterocycles. The Kier molecular flexibility index (Phi) is 3.78. The van der Waals surface area contributed by atoms with Crippen LogP contribution >= 0.6 is 0 Å². The normalized spacial score (nSPS) is 21.1. The lowest BCUT2D eigenvalue weighted by molar-refractivity contribution is 0.298. The van der Waals surface area contributed by atoms with Crippen LogP contribution in [0.5, 0.6) is 0 Å². The number of hydrogen-bond acceptors (Lipinski definition) is 3. The quantitative estimate of drug-likeness (QED) is 0.844. The van der Waals surface area contributed by atoms with E-state index in [-0.39, 0.29) is 6.61 Å². The van der Waals surface area contributed by atoms with Gasteiger partial charge in [0.2, 0.25) is 0 Å². The fourth-order valence-corrected chi connectivity index (χ4v) is 2.29. The van der Waals surface area contributed by atoms with E-state index in [0.717, 1.165) is 24.7 Å². The van der Waals surface area contributed by atoms with E-state index in [2.05, 4.69) is 22.9 Å². The van der Waals surface area contributed by atoms with Crippen LogP contribution in [0, 0.1) is 5.92 Å². The van der Waals surface area contributed by atoms with Gasteiger partial charge < -0.3 is 10.0 Å². The van der Waals surface area contributed by atoms with Crippen LogP contribution in [0.2, 0.25) is 0 Å². The van der Waals surface area contributed by atoms with Gasteiger partial charge in [-0.1, -0.05) is 6.92 Å². The molecule has 1 fully saturated rings. The van der Waals surface area contributed by atoms with Gasteiger partial charge in [-0.3, -0.25) is 4.98 Å². The lowest BCUT2D eigenvalue weighted by Gasteiger charge is -2.32. The lowest BCUT2D eigenvalue weighted by atomic mass is 10.00. The fraction of sp³-hybridized carbons (Fsp3) is 0.615. The molecule has 0 radical (unpaired) electrons. The Labute approximate surface area is 97.1 Å². The topological polar surface area (TPSA) is 36.4 Å². The van der Waals surface area contributed by atoms with E-state index in [4.69, 9.17) is 5.11 Å². The summed E-state index contributed by atoms with van der Waals surface area (Å²) in [7, 11) is 0. The van der Waals surface area contributed by atoms with Gasteiger partial charge in [0.15, 0.2) is 0 Å². The molecule has 0 bridgehead atoms. The average molecular weight is 220 g/mol. The lowest BCUT2D eigenvalue weighted by Crippen LogP contribution is -2.34. The van der Waals surface area contributed by atoms with Crippen molar-refractivity contribution in [2.75, 3.05) is 24.6 Å². The van der Waals surface area contributed by atoms with Crippen LogP contribution in [-0.2, 0) is 6.42 Å². The van der Waals surface area contributed by atoms with Crippen molar-refractivity contribution in [2.24, 2.45) is 5.92 Å². The summed E-state index contributed by atoms with van der Waals surface area (Å²) < 4.78 is 0. The molecular formula is C13H20N2O. The Bertz CT molecular complexity index is 323. The predicted molar refractivity (Wildman–Crippen MR) is 65.6 cm³/mol. The molecule has 0 saturated carbocycles. The zero-order valence-corrected chi connectivity index (χ0v) is 9.89. The van der Waals surface area contributed by atoms with Gasteiger partial charge in [-0.15, -0.1) is 0 Å². The summed E-state index contributed by atoms with van der Waals surface area (Å²) in [6, 6.07) is 4.14. The molecule has 2 heterocycles. The standard InChI is InChI=1S/C13H20N2O/c1-11-3-2-7-15(10-11)13-5-4-12(6-8-16)14-9-13/h4-5,9,11,16H,2-3,6-8,10H2,1H3. The van der Waals surface area contributed by atoms with Crippen molar-refractivity contribution in [1.82, 2.24) is 4.98 Å². The zero-order valence-electron chi connectivity index (χ0n) is 9.89. The van der Waals surface area contributed by atoms with Crippen molar-refractivity contribution < 1.29 is 5.11 Å². The van der Waals surface area contributed by atoms with Gasteiger partial charge in [0.25, 0.3) is 0 Å². The second-order valence-corrected chi connectivity index (χ2v) is 4.67. The first-order chi connectivity index (χ1) is 7.79. The van der Waals surface area contributed by atoms with Crippen LogP contribution in [0.1, 0.15) is 25.5 Å². The summed E-state index contributed by atoms with van der Waals surface area (Å²) in [6.07, 6.45) is 5.20. The van der Waals surface area contributed by atoms with E-state index in [1.54, 1.807) is 0 Å². The smallest absolute Gasteiger partial charge is 0.0553 e.